The standard InChI is InChI=1S/C32H49N5O5/c1-7-8-9-21(24(38)26(33)39)34-27(40)23-22-20(31(22,5)6)16-37(23)28(41)25(30(2,3)4)35-29(42)36-32-13-17-10-18(14-32)12-19(11-17)15-32/h7,17-23,25H,1,8-16H2,2-6H3,(H2,33,39)(H,34,40)(H2,35,36,42)/t17?,18?,19?,20?,21?,22-,23-,25+,32?/m0/s1. The number of allylic oxidation sites excluding steroid dienone is 1. The van der Waals surface area contributed by atoms with Crippen LogP contribution in [0.5, 0.6) is 0 Å². The van der Waals surface area contributed by atoms with Gasteiger partial charge in [0.15, 0.2) is 0 Å². The molecule has 6 fully saturated rings. The van der Waals surface area contributed by atoms with Gasteiger partial charge in [-0.1, -0.05) is 40.7 Å². The largest absolute Gasteiger partial charge is 0.363 e. The lowest BCUT2D eigenvalue weighted by Crippen LogP contribution is -2.65. The van der Waals surface area contributed by atoms with Crippen molar-refractivity contribution in [2.75, 3.05) is 6.54 Å². The Morgan fingerprint density at radius 3 is 2.07 bits per heavy atom. The number of fused-ring (bicyclic) bond motifs is 1. The van der Waals surface area contributed by atoms with E-state index < -0.39 is 41.1 Å². The van der Waals surface area contributed by atoms with Crippen molar-refractivity contribution < 1.29 is 24.0 Å². The first-order valence-electron chi connectivity index (χ1n) is 15.7. The summed E-state index contributed by atoms with van der Waals surface area (Å²) in [7, 11) is 0. The van der Waals surface area contributed by atoms with Gasteiger partial charge in [0.1, 0.15) is 12.1 Å². The maximum atomic E-state index is 14.2. The average molecular weight is 584 g/mol. The molecule has 0 radical (unpaired) electrons. The van der Waals surface area contributed by atoms with Crippen LogP contribution < -0.4 is 21.7 Å². The molecule has 5 atom stereocenters. The van der Waals surface area contributed by atoms with Crippen LogP contribution in [-0.4, -0.2) is 64.6 Å². The summed E-state index contributed by atoms with van der Waals surface area (Å²) < 4.78 is 0. The molecule has 1 aliphatic heterocycles. The number of rotatable bonds is 10. The fourth-order valence-electron chi connectivity index (χ4n) is 9.28. The number of urea groups is 1. The number of primary amides is 1. The summed E-state index contributed by atoms with van der Waals surface area (Å²) in [6.07, 6.45) is 9.01. The highest BCUT2D eigenvalue weighted by molar-refractivity contribution is 6.37. The van der Waals surface area contributed by atoms with E-state index in [0.717, 1.165) is 19.3 Å². The van der Waals surface area contributed by atoms with E-state index in [1.807, 2.05) is 20.8 Å². The number of nitrogens with two attached hydrogens (primary N) is 1. The van der Waals surface area contributed by atoms with Crippen molar-refractivity contribution >= 4 is 29.5 Å². The van der Waals surface area contributed by atoms with Gasteiger partial charge in [0, 0.05) is 12.1 Å². The summed E-state index contributed by atoms with van der Waals surface area (Å²) in [5.74, 6) is -0.722. The highest BCUT2D eigenvalue weighted by Crippen LogP contribution is 2.65. The van der Waals surface area contributed by atoms with Crippen molar-refractivity contribution in [1.29, 1.82) is 0 Å². The molecule has 0 aromatic carbocycles. The molecule has 6 aliphatic rings. The van der Waals surface area contributed by atoms with E-state index in [1.165, 1.54) is 19.3 Å². The van der Waals surface area contributed by atoms with E-state index >= 15 is 0 Å². The lowest BCUT2D eigenvalue weighted by molar-refractivity contribution is -0.145. The molecule has 232 valence electrons. The number of carbonyl (C=O) groups excluding carboxylic acids is 5. The number of Topliss-reactive ketones (excluding diaryl/α,β-unsaturated/α-hetero) is 1. The van der Waals surface area contributed by atoms with Gasteiger partial charge in [-0.25, -0.2) is 4.79 Å². The van der Waals surface area contributed by atoms with E-state index in [-0.39, 0.29) is 41.1 Å². The molecule has 1 saturated heterocycles. The number of amides is 5. The summed E-state index contributed by atoms with van der Waals surface area (Å²) in [5.41, 5.74) is 4.30. The van der Waals surface area contributed by atoms with E-state index in [2.05, 4.69) is 36.4 Å². The molecule has 4 bridgehead atoms. The van der Waals surface area contributed by atoms with Crippen LogP contribution in [0.15, 0.2) is 12.7 Å². The smallest absolute Gasteiger partial charge is 0.315 e. The number of ketones is 1. The van der Waals surface area contributed by atoms with Gasteiger partial charge in [-0.15, -0.1) is 6.58 Å². The molecular weight excluding hydrogens is 534 g/mol. The second-order valence-electron chi connectivity index (χ2n) is 15.6. The number of carbonyl (C=O) groups is 5. The zero-order valence-electron chi connectivity index (χ0n) is 25.8. The minimum Gasteiger partial charge on any atom is -0.363 e. The van der Waals surface area contributed by atoms with Gasteiger partial charge in [-0.2, -0.15) is 0 Å². The second-order valence-corrected chi connectivity index (χ2v) is 15.6. The SMILES string of the molecule is C=CCCC(NC(=O)[C@@H]1[C@@H]2C(CN1C(=O)[C@@H](NC(=O)NC13CC4CC(CC(C4)C1)C3)C(C)(C)C)C2(C)C)C(=O)C(N)=O. The van der Waals surface area contributed by atoms with Crippen LogP contribution in [0, 0.1) is 40.4 Å². The number of likely N-dealkylation sites (tertiary alicyclic amines) is 1. The van der Waals surface area contributed by atoms with E-state index in [9.17, 15) is 24.0 Å². The van der Waals surface area contributed by atoms with Crippen LogP contribution >= 0.6 is 0 Å². The number of hydrogen-bond donors (Lipinski definition) is 4. The number of nitrogens with one attached hydrogen (secondary N) is 3. The van der Waals surface area contributed by atoms with Gasteiger partial charge in [-0.05, 0) is 91.8 Å². The van der Waals surface area contributed by atoms with Crippen LogP contribution in [0.4, 0.5) is 4.79 Å². The second kappa shape index (κ2) is 10.7. The summed E-state index contributed by atoms with van der Waals surface area (Å²) >= 11 is 0. The van der Waals surface area contributed by atoms with Crippen LogP contribution in [0.1, 0.15) is 86.0 Å². The van der Waals surface area contributed by atoms with Crippen LogP contribution in [0.2, 0.25) is 0 Å². The molecule has 42 heavy (non-hydrogen) atoms. The maximum absolute atomic E-state index is 14.2. The number of piperidine rings is 1. The zero-order valence-corrected chi connectivity index (χ0v) is 25.8. The van der Waals surface area contributed by atoms with E-state index in [0.29, 0.717) is 30.7 Å². The molecule has 0 aromatic rings. The van der Waals surface area contributed by atoms with Crippen LogP contribution in [0.3, 0.4) is 0 Å². The lowest BCUT2D eigenvalue weighted by atomic mass is 9.53. The normalized spacial score (nSPS) is 35.0. The van der Waals surface area contributed by atoms with Gasteiger partial charge in [0.25, 0.3) is 5.91 Å². The first-order chi connectivity index (χ1) is 19.6. The quantitative estimate of drug-likeness (QED) is 0.230. The highest BCUT2D eigenvalue weighted by Gasteiger charge is 2.70. The Hall–Kier alpha value is -2.91. The Kier molecular flexibility index (Phi) is 7.76. The van der Waals surface area contributed by atoms with Crippen LogP contribution in [0.25, 0.3) is 0 Å². The molecule has 5 N–H and O–H groups in total. The fraction of sp³-hybridized carbons (Fsp3) is 0.781. The van der Waals surface area contributed by atoms with Crippen molar-refractivity contribution in [2.45, 2.75) is 110 Å². The van der Waals surface area contributed by atoms with E-state index in [1.54, 1.807) is 11.0 Å². The zero-order chi connectivity index (χ0) is 30.8. The molecule has 5 amide bonds. The summed E-state index contributed by atoms with van der Waals surface area (Å²) in [4.78, 5) is 67.3. The Bertz CT molecular complexity index is 1140. The summed E-state index contributed by atoms with van der Waals surface area (Å²) in [6.45, 7) is 13.9. The summed E-state index contributed by atoms with van der Waals surface area (Å²) in [5, 5.41) is 9.07. The van der Waals surface area contributed by atoms with Crippen LogP contribution in [-0.2, 0) is 19.2 Å². The topological polar surface area (TPSA) is 151 Å². The molecule has 0 spiro atoms. The lowest BCUT2D eigenvalue weighted by Gasteiger charge is -2.56. The maximum Gasteiger partial charge on any atom is 0.315 e. The first kappa shape index (κ1) is 30.5. The predicted molar refractivity (Wildman–Crippen MR) is 158 cm³/mol. The van der Waals surface area contributed by atoms with Crippen molar-refractivity contribution in [3.05, 3.63) is 12.7 Å². The monoisotopic (exact) mass is 583 g/mol. The Balaban J connectivity index is 1.32. The van der Waals surface area contributed by atoms with E-state index in [4.69, 9.17) is 5.73 Å². The number of nitrogens with zero attached hydrogens (tertiary/aromatic N) is 1. The highest BCUT2D eigenvalue weighted by atomic mass is 16.2. The van der Waals surface area contributed by atoms with Gasteiger partial charge in [0.2, 0.25) is 17.6 Å². The van der Waals surface area contributed by atoms with Crippen molar-refractivity contribution in [2.24, 2.45) is 46.2 Å². The predicted octanol–water partition coefficient (Wildman–Crippen LogP) is 2.66. The molecule has 5 aliphatic carbocycles. The Morgan fingerprint density at radius 1 is 1.00 bits per heavy atom. The molecule has 1 heterocycles. The van der Waals surface area contributed by atoms with Crippen molar-refractivity contribution in [3.8, 4) is 0 Å². The van der Waals surface area contributed by atoms with Crippen molar-refractivity contribution in [3.63, 3.8) is 0 Å². The molecule has 5 saturated carbocycles. The molecule has 0 aromatic heterocycles. The Labute approximate surface area is 249 Å². The minimum atomic E-state index is -1.12. The molecule has 10 heteroatoms. The van der Waals surface area contributed by atoms with Gasteiger partial charge < -0.3 is 26.6 Å². The summed E-state index contributed by atoms with van der Waals surface area (Å²) in [6, 6.07) is -3.09. The van der Waals surface area contributed by atoms with Crippen molar-refractivity contribution in [1.82, 2.24) is 20.9 Å². The van der Waals surface area contributed by atoms with Gasteiger partial charge in [0.05, 0.1) is 6.04 Å². The number of hydrogen-bond acceptors (Lipinski definition) is 5. The third-order valence-corrected chi connectivity index (χ3v) is 11.1. The van der Waals surface area contributed by atoms with Gasteiger partial charge >= 0.3 is 6.03 Å². The average Bonchev–Trinajstić information content (AvgIpc) is 3.19. The third-order valence-electron chi connectivity index (χ3n) is 11.1. The molecule has 2 unspecified atom stereocenters. The minimum absolute atomic E-state index is 0.0911. The Morgan fingerprint density at radius 2 is 1.57 bits per heavy atom. The third kappa shape index (κ3) is 5.57. The molecular formula is C32H49N5O5. The van der Waals surface area contributed by atoms with Gasteiger partial charge in [-0.3, -0.25) is 19.2 Å². The first-order valence-corrected chi connectivity index (χ1v) is 15.7. The molecule has 6 rings (SSSR count). The molecule has 10 nitrogen and oxygen atoms in total. The fourth-order valence-corrected chi connectivity index (χ4v) is 9.28.